The lowest BCUT2D eigenvalue weighted by Gasteiger charge is -2.25. The van der Waals surface area contributed by atoms with Crippen LogP contribution in [-0.2, 0) is 25.5 Å². The smallest absolute Gasteiger partial charge is 0.324 e. The number of hydrogen-bond donors (Lipinski definition) is 3. The zero-order valence-corrected chi connectivity index (χ0v) is 20.3. The highest BCUT2D eigenvalue weighted by Crippen LogP contribution is 2.37. The minimum atomic E-state index is -2.03. The normalized spacial score (nSPS) is 16.9. The van der Waals surface area contributed by atoms with Crippen LogP contribution in [0.2, 0.25) is 0 Å². The first-order chi connectivity index (χ1) is 16.0. The number of aromatic nitrogens is 2. The van der Waals surface area contributed by atoms with E-state index in [1.807, 2.05) is 13.8 Å². The first-order valence-corrected chi connectivity index (χ1v) is 11.9. The van der Waals surface area contributed by atoms with E-state index >= 15 is 4.39 Å². The van der Waals surface area contributed by atoms with E-state index in [1.54, 1.807) is 18.7 Å². The van der Waals surface area contributed by atoms with Crippen LogP contribution in [0, 0.1) is 17.7 Å². The van der Waals surface area contributed by atoms with Gasteiger partial charge in [-0.15, -0.1) is 0 Å². The molecule has 1 aliphatic rings. The summed E-state index contributed by atoms with van der Waals surface area (Å²) in [4.78, 5) is 34.0. The number of esters is 1. The van der Waals surface area contributed by atoms with Gasteiger partial charge in [0.15, 0.2) is 12.5 Å². The van der Waals surface area contributed by atoms with E-state index in [1.165, 1.54) is 12.3 Å². The first kappa shape index (κ1) is 25.6. The summed E-state index contributed by atoms with van der Waals surface area (Å²) in [5.41, 5.74) is 5.31. The fourth-order valence-corrected chi connectivity index (χ4v) is 4.12. The largest absolute Gasteiger partial charge is 0.506 e. The number of hydrogen-bond acceptors (Lipinski definition) is 9. The predicted octanol–water partition coefficient (Wildman–Crippen LogP) is 1.33. The molecule has 2 unspecified atom stereocenters. The standard InChI is InChI=1S/C21H29FN6O5S/c1-11(2)5-6-27(10-33-20(31)17(23)12(3)4)21-24-8-13-7-14(29)19(16(22)18(13)25-21)28-9-15(30)26-34(28)32/h7-8,11-12,17,29H,5-6,9-10,23H2,1-4H3,(H,26,30). The van der Waals surface area contributed by atoms with E-state index in [9.17, 15) is 18.9 Å². The second kappa shape index (κ2) is 10.5. The molecule has 0 saturated carbocycles. The van der Waals surface area contributed by atoms with Crippen LogP contribution >= 0.6 is 0 Å². The maximum Gasteiger partial charge on any atom is 0.324 e. The van der Waals surface area contributed by atoms with Crippen LogP contribution in [-0.4, -0.2) is 57.0 Å². The van der Waals surface area contributed by atoms with Crippen LogP contribution in [0.1, 0.15) is 34.1 Å². The summed E-state index contributed by atoms with van der Waals surface area (Å²) in [6, 6.07) is 0.447. The van der Waals surface area contributed by atoms with Crippen molar-refractivity contribution in [1.29, 1.82) is 0 Å². The Morgan fingerprint density at radius 3 is 2.71 bits per heavy atom. The van der Waals surface area contributed by atoms with E-state index in [4.69, 9.17) is 10.5 Å². The Morgan fingerprint density at radius 2 is 2.12 bits per heavy atom. The van der Waals surface area contributed by atoms with Crippen molar-refractivity contribution in [2.24, 2.45) is 17.6 Å². The molecule has 186 valence electrons. The molecule has 0 radical (unpaired) electrons. The van der Waals surface area contributed by atoms with E-state index in [0.717, 1.165) is 10.7 Å². The number of aromatic hydroxyl groups is 1. The number of anilines is 2. The van der Waals surface area contributed by atoms with Gasteiger partial charge in [-0.05, 0) is 24.3 Å². The number of phenols is 1. The van der Waals surface area contributed by atoms with Gasteiger partial charge < -0.3 is 20.5 Å². The van der Waals surface area contributed by atoms with Crippen molar-refractivity contribution in [1.82, 2.24) is 14.7 Å². The molecule has 1 saturated heterocycles. The molecule has 2 heterocycles. The quantitative estimate of drug-likeness (QED) is 0.345. The van der Waals surface area contributed by atoms with E-state index in [2.05, 4.69) is 14.7 Å². The highest BCUT2D eigenvalue weighted by Gasteiger charge is 2.32. The Labute approximate surface area is 199 Å². The molecule has 0 aliphatic carbocycles. The number of ether oxygens (including phenoxy) is 1. The molecule has 34 heavy (non-hydrogen) atoms. The molecule has 2 atom stereocenters. The number of halogens is 1. The predicted molar refractivity (Wildman–Crippen MR) is 125 cm³/mol. The van der Waals surface area contributed by atoms with Crippen LogP contribution < -0.4 is 19.7 Å². The Kier molecular flexibility index (Phi) is 7.87. The summed E-state index contributed by atoms with van der Waals surface area (Å²) >= 11 is -2.03. The molecule has 11 nitrogen and oxygen atoms in total. The van der Waals surface area contributed by atoms with E-state index in [0.29, 0.717) is 12.5 Å². The summed E-state index contributed by atoms with van der Waals surface area (Å²) < 4.78 is 36.0. The topological polar surface area (TPSA) is 151 Å². The number of benzene rings is 1. The average Bonchev–Trinajstić information content (AvgIpc) is 3.10. The molecule has 0 bridgehead atoms. The second-order valence-electron chi connectivity index (χ2n) is 8.79. The highest BCUT2D eigenvalue weighted by atomic mass is 32.2. The fraction of sp³-hybridized carbons (Fsp3) is 0.524. The maximum atomic E-state index is 15.5. The van der Waals surface area contributed by atoms with Crippen molar-refractivity contribution in [3.8, 4) is 5.75 Å². The van der Waals surface area contributed by atoms with Crippen molar-refractivity contribution in [3.63, 3.8) is 0 Å². The van der Waals surface area contributed by atoms with Crippen molar-refractivity contribution < 1.29 is 28.0 Å². The van der Waals surface area contributed by atoms with Crippen molar-refractivity contribution in [2.45, 2.75) is 40.2 Å². The third kappa shape index (κ3) is 5.53. The summed E-state index contributed by atoms with van der Waals surface area (Å²) in [6.45, 7) is 7.53. The lowest BCUT2D eigenvalue weighted by Crippen LogP contribution is -2.40. The summed E-state index contributed by atoms with van der Waals surface area (Å²) in [5, 5.41) is 10.5. The van der Waals surface area contributed by atoms with Gasteiger partial charge in [0, 0.05) is 18.1 Å². The lowest BCUT2D eigenvalue weighted by atomic mass is 10.1. The Hall–Kier alpha value is -3.06. The van der Waals surface area contributed by atoms with Gasteiger partial charge in [0.2, 0.25) is 17.1 Å². The molecular formula is C21H29FN6O5S. The number of nitrogens with zero attached hydrogens (tertiary/aromatic N) is 4. The first-order valence-electron chi connectivity index (χ1n) is 10.8. The lowest BCUT2D eigenvalue weighted by molar-refractivity contribution is -0.146. The van der Waals surface area contributed by atoms with Crippen LogP contribution in [0.3, 0.4) is 0 Å². The highest BCUT2D eigenvalue weighted by molar-refractivity contribution is 7.85. The summed E-state index contributed by atoms with van der Waals surface area (Å²) in [7, 11) is 0. The maximum absolute atomic E-state index is 15.5. The van der Waals surface area contributed by atoms with Crippen molar-refractivity contribution >= 4 is 45.6 Å². The fourth-order valence-electron chi connectivity index (χ4n) is 3.18. The summed E-state index contributed by atoms with van der Waals surface area (Å²) in [6.07, 6.45) is 2.05. The van der Waals surface area contributed by atoms with Crippen LogP contribution in [0.25, 0.3) is 10.9 Å². The van der Waals surface area contributed by atoms with Gasteiger partial charge >= 0.3 is 5.97 Å². The average molecular weight is 497 g/mol. The molecule has 1 aromatic heterocycles. The number of carbonyl (C=O) groups is 2. The monoisotopic (exact) mass is 496 g/mol. The van der Waals surface area contributed by atoms with Gasteiger partial charge in [0.05, 0.1) is 0 Å². The zero-order chi connectivity index (χ0) is 25.2. The Balaban J connectivity index is 1.96. The Bertz CT molecular complexity index is 1110. The number of carbonyl (C=O) groups excluding carboxylic acids is 2. The molecule has 1 aromatic carbocycles. The van der Waals surface area contributed by atoms with Crippen molar-refractivity contribution in [3.05, 3.63) is 18.1 Å². The van der Waals surface area contributed by atoms with Crippen LogP contribution in [0.15, 0.2) is 12.3 Å². The van der Waals surface area contributed by atoms with Crippen LogP contribution in [0.5, 0.6) is 5.75 Å². The van der Waals surface area contributed by atoms with Crippen molar-refractivity contribution in [2.75, 3.05) is 29.0 Å². The summed E-state index contributed by atoms with van der Waals surface area (Å²) in [5.74, 6) is -2.27. The minimum absolute atomic E-state index is 0.103. The molecule has 3 rings (SSSR count). The van der Waals surface area contributed by atoms with Gasteiger partial charge in [0.1, 0.15) is 29.5 Å². The third-order valence-electron chi connectivity index (χ3n) is 5.31. The van der Waals surface area contributed by atoms with E-state index in [-0.39, 0.29) is 36.0 Å². The number of fused-ring (bicyclic) bond motifs is 1. The molecule has 4 N–H and O–H groups in total. The molecule has 1 amide bonds. The number of nitrogens with one attached hydrogen (secondary N) is 1. The van der Waals surface area contributed by atoms with Gasteiger partial charge in [-0.2, -0.15) is 0 Å². The van der Waals surface area contributed by atoms with Gasteiger partial charge in [0.25, 0.3) is 5.91 Å². The number of amides is 1. The van der Waals surface area contributed by atoms with Gasteiger partial charge in [-0.1, -0.05) is 27.7 Å². The number of phenolic OH excluding ortho intramolecular Hbond substituents is 1. The van der Waals surface area contributed by atoms with Crippen LogP contribution in [0.4, 0.5) is 16.0 Å². The molecule has 2 aromatic rings. The second-order valence-corrected chi connectivity index (χ2v) is 9.93. The minimum Gasteiger partial charge on any atom is -0.506 e. The zero-order valence-electron chi connectivity index (χ0n) is 19.4. The number of nitrogens with two attached hydrogens (primary N) is 1. The molecule has 1 aliphatic heterocycles. The molecule has 0 spiro atoms. The van der Waals surface area contributed by atoms with Gasteiger partial charge in [-0.3, -0.25) is 18.6 Å². The SMILES string of the molecule is CC(C)CCN(COC(=O)C(N)C(C)C)c1ncc2cc(O)c(N3CC(=O)NS3=O)c(F)c2n1. The molecule has 13 heteroatoms. The third-order valence-corrected chi connectivity index (χ3v) is 6.42. The van der Waals surface area contributed by atoms with E-state index < -0.39 is 46.3 Å². The molecule has 1 fully saturated rings. The van der Waals surface area contributed by atoms with Gasteiger partial charge in [-0.25, -0.2) is 18.6 Å². The Morgan fingerprint density at radius 1 is 1.41 bits per heavy atom. The molecular weight excluding hydrogens is 467 g/mol. The number of rotatable bonds is 9.